The predicted molar refractivity (Wildman–Crippen MR) is 71.1 cm³/mol. The molecule has 0 atom stereocenters. The number of hydrogen-bond acceptors (Lipinski definition) is 3. The standard InChI is InChI=1S/C13H13ClF3N3O/c14-7-10-12(8-5-6-8)18-19-20(10)9-3-1-2-4-11(9)21-13(15,16)17/h1-4,8,18-19H,5-7H2/p+1. The molecule has 0 radical (unpaired) electrons. The van der Waals surface area contributed by atoms with E-state index in [4.69, 9.17) is 11.6 Å². The maximum Gasteiger partial charge on any atom is 0.573 e. The Kier molecular flexibility index (Phi) is 3.62. The Hall–Kier alpha value is -1.60. The van der Waals surface area contributed by atoms with Crippen LogP contribution >= 0.6 is 11.6 Å². The summed E-state index contributed by atoms with van der Waals surface area (Å²) in [6.45, 7) is 0. The van der Waals surface area contributed by atoms with Crippen LogP contribution in [0, 0.1) is 5.92 Å². The molecule has 1 fully saturated rings. The van der Waals surface area contributed by atoms with Crippen LogP contribution in [0.5, 0.6) is 5.75 Å². The third kappa shape index (κ3) is 3.03. The number of hydrogen-bond donors (Lipinski definition) is 2. The van der Waals surface area contributed by atoms with Crippen LogP contribution in [0.1, 0.15) is 12.8 Å². The predicted octanol–water partition coefficient (Wildman–Crippen LogP) is 2.25. The highest BCUT2D eigenvalue weighted by molar-refractivity contribution is 6.19. The van der Waals surface area contributed by atoms with E-state index in [1.165, 1.54) is 12.1 Å². The second-order valence-corrected chi connectivity index (χ2v) is 5.19. The Balaban J connectivity index is 1.93. The Morgan fingerprint density at radius 2 is 2.05 bits per heavy atom. The van der Waals surface area contributed by atoms with Crippen LogP contribution in [-0.2, 0) is 0 Å². The van der Waals surface area contributed by atoms with Gasteiger partial charge in [-0.05, 0) is 25.0 Å². The van der Waals surface area contributed by atoms with E-state index in [0.717, 1.165) is 24.2 Å². The summed E-state index contributed by atoms with van der Waals surface area (Å²) in [6.07, 6.45) is -2.58. The number of quaternary nitrogens is 1. The van der Waals surface area contributed by atoms with Gasteiger partial charge in [0, 0.05) is 5.92 Å². The Labute approximate surface area is 124 Å². The first-order valence-electron chi connectivity index (χ1n) is 6.52. The van der Waals surface area contributed by atoms with Gasteiger partial charge in [-0.25, -0.2) is 5.43 Å². The quantitative estimate of drug-likeness (QED) is 0.660. The van der Waals surface area contributed by atoms with Crippen molar-refractivity contribution in [1.29, 1.82) is 0 Å². The van der Waals surface area contributed by atoms with Gasteiger partial charge in [0.1, 0.15) is 11.4 Å². The van der Waals surface area contributed by atoms with Crippen LogP contribution in [0.3, 0.4) is 0 Å². The van der Waals surface area contributed by atoms with E-state index in [-0.39, 0.29) is 11.6 Å². The fourth-order valence-electron chi connectivity index (χ4n) is 2.37. The molecule has 1 aromatic carbocycles. The maximum absolute atomic E-state index is 12.5. The molecule has 1 aromatic rings. The SMILES string of the molecule is FC(F)(F)Oc1ccccc1N1[NH2+]NC(C2CC2)=C1CCl. The lowest BCUT2D eigenvalue weighted by molar-refractivity contribution is -0.701. The number of nitrogens with zero attached hydrogens (tertiary/aromatic N) is 1. The topological polar surface area (TPSA) is 41.1 Å². The number of allylic oxidation sites excluding steroid dienone is 2. The smallest absolute Gasteiger partial charge is 0.403 e. The second kappa shape index (κ2) is 5.31. The number of para-hydroxylation sites is 2. The van der Waals surface area contributed by atoms with Crippen LogP contribution in [-0.4, -0.2) is 12.2 Å². The highest BCUT2D eigenvalue weighted by Gasteiger charge is 2.39. The van der Waals surface area contributed by atoms with E-state index in [0.29, 0.717) is 11.6 Å². The van der Waals surface area contributed by atoms with Crippen molar-refractivity contribution in [2.45, 2.75) is 19.2 Å². The molecule has 2 aliphatic rings. The fourth-order valence-corrected chi connectivity index (χ4v) is 2.64. The second-order valence-electron chi connectivity index (χ2n) is 4.93. The Bertz CT molecular complexity index is 572. The van der Waals surface area contributed by atoms with Crippen molar-refractivity contribution in [3.8, 4) is 5.75 Å². The zero-order chi connectivity index (χ0) is 15.0. The monoisotopic (exact) mass is 320 g/mol. The fraction of sp³-hybridized carbons (Fsp3) is 0.385. The maximum atomic E-state index is 12.5. The van der Waals surface area contributed by atoms with E-state index in [1.54, 1.807) is 22.7 Å². The minimum Gasteiger partial charge on any atom is -0.403 e. The number of nitrogens with one attached hydrogen (secondary N) is 1. The van der Waals surface area contributed by atoms with E-state index >= 15 is 0 Å². The molecule has 4 nitrogen and oxygen atoms in total. The van der Waals surface area contributed by atoms with Gasteiger partial charge in [-0.2, -0.15) is 5.01 Å². The molecule has 0 aromatic heterocycles. The van der Waals surface area contributed by atoms with Crippen LogP contribution in [0.2, 0.25) is 0 Å². The van der Waals surface area contributed by atoms with Gasteiger partial charge < -0.3 is 4.74 Å². The lowest BCUT2D eigenvalue weighted by atomic mass is 10.2. The first-order chi connectivity index (χ1) is 9.99. The summed E-state index contributed by atoms with van der Waals surface area (Å²) in [6, 6.07) is 6.02. The molecule has 1 aliphatic carbocycles. The lowest BCUT2D eigenvalue weighted by Gasteiger charge is -2.19. The van der Waals surface area contributed by atoms with E-state index in [1.807, 2.05) is 0 Å². The molecule has 0 saturated heterocycles. The first kappa shape index (κ1) is 14.3. The summed E-state index contributed by atoms with van der Waals surface area (Å²) in [5.74, 6) is 0.397. The van der Waals surface area contributed by atoms with Crippen molar-refractivity contribution in [3.05, 3.63) is 35.7 Å². The van der Waals surface area contributed by atoms with Crippen molar-refractivity contribution >= 4 is 17.3 Å². The molecule has 0 unspecified atom stereocenters. The van der Waals surface area contributed by atoms with Gasteiger partial charge in [0.05, 0.1) is 11.6 Å². The molecule has 21 heavy (non-hydrogen) atoms. The van der Waals surface area contributed by atoms with Crippen LogP contribution in [0.25, 0.3) is 0 Å². The van der Waals surface area contributed by atoms with Crippen LogP contribution in [0.4, 0.5) is 18.9 Å². The molecule has 8 heteroatoms. The summed E-state index contributed by atoms with van der Waals surface area (Å²) in [5, 5.41) is 1.63. The Morgan fingerprint density at radius 1 is 1.33 bits per heavy atom. The lowest BCUT2D eigenvalue weighted by Crippen LogP contribution is -2.98. The number of anilines is 1. The molecule has 3 N–H and O–H groups in total. The molecule has 0 bridgehead atoms. The van der Waals surface area contributed by atoms with Gasteiger partial charge >= 0.3 is 6.36 Å². The summed E-state index contributed by atoms with van der Waals surface area (Å²) in [4.78, 5) is 0. The van der Waals surface area contributed by atoms with Gasteiger partial charge in [0.15, 0.2) is 5.75 Å². The molecule has 0 amide bonds. The minimum absolute atomic E-state index is 0.218. The molecular weight excluding hydrogens is 307 g/mol. The molecule has 1 saturated carbocycles. The normalized spacial score (nSPS) is 19.0. The summed E-state index contributed by atoms with van der Waals surface area (Å²) in [5.41, 5.74) is 6.83. The van der Waals surface area contributed by atoms with E-state index in [9.17, 15) is 13.2 Å². The van der Waals surface area contributed by atoms with E-state index in [2.05, 4.69) is 10.2 Å². The number of rotatable bonds is 4. The van der Waals surface area contributed by atoms with Crippen molar-refractivity contribution in [3.63, 3.8) is 0 Å². The molecule has 1 heterocycles. The van der Waals surface area contributed by atoms with Crippen LogP contribution in [0.15, 0.2) is 35.7 Å². The number of benzene rings is 1. The van der Waals surface area contributed by atoms with Crippen molar-refractivity contribution in [1.82, 2.24) is 5.43 Å². The molecule has 3 rings (SSSR count). The summed E-state index contributed by atoms with van der Waals surface area (Å²) < 4.78 is 41.6. The third-order valence-electron chi connectivity index (χ3n) is 3.41. The number of alkyl halides is 4. The minimum atomic E-state index is -4.73. The van der Waals surface area contributed by atoms with Crippen LogP contribution < -0.4 is 20.7 Å². The van der Waals surface area contributed by atoms with Gasteiger partial charge in [0.2, 0.25) is 0 Å². The summed E-state index contributed by atoms with van der Waals surface area (Å²) >= 11 is 5.98. The van der Waals surface area contributed by atoms with E-state index < -0.39 is 6.36 Å². The molecule has 114 valence electrons. The Morgan fingerprint density at radius 3 is 2.67 bits per heavy atom. The summed E-state index contributed by atoms with van der Waals surface area (Å²) in [7, 11) is 0. The highest BCUT2D eigenvalue weighted by atomic mass is 35.5. The largest absolute Gasteiger partial charge is 0.573 e. The zero-order valence-electron chi connectivity index (χ0n) is 11.0. The van der Waals surface area contributed by atoms with Crippen molar-refractivity contribution in [2.24, 2.45) is 5.92 Å². The number of nitrogens with two attached hydrogens (primary N) is 1. The number of ether oxygens (including phenoxy) is 1. The van der Waals surface area contributed by atoms with Crippen molar-refractivity contribution in [2.75, 3.05) is 10.9 Å². The van der Waals surface area contributed by atoms with Gasteiger partial charge in [-0.3, -0.25) is 0 Å². The number of halogens is 4. The third-order valence-corrected chi connectivity index (χ3v) is 3.67. The molecule has 1 aliphatic heterocycles. The van der Waals surface area contributed by atoms with Gasteiger partial charge in [-0.1, -0.05) is 12.1 Å². The molecule has 0 spiro atoms. The van der Waals surface area contributed by atoms with Gasteiger partial charge in [-0.15, -0.1) is 30.3 Å². The zero-order valence-corrected chi connectivity index (χ0v) is 11.7. The van der Waals surface area contributed by atoms with Crippen molar-refractivity contribution < 1.29 is 23.4 Å². The van der Waals surface area contributed by atoms with Gasteiger partial charge in [0.25, 0.3) is 0 Å². The molecular formula is C13H14ClF3N3O+. The highest BCUT2D eigenvalue weighted by Crippen LogP contribution is 2.40. The average Bonchev–Trinajstić information content (AvgIpc) is 3.17. The average molecular weight is 321 g/mol. The first-order valence-corrected chi connectivity index (χ1v) is 7.06.